The summed E-state index contributed by atoms with van der Waals surface area (Å²) in [5.74, 6) is 1.56. The molecule has 442 valence electrons. The minimum atomic E-state index is -0.549. The van der Waals surface area contributed by atoms with Gasteiger partial charge in [0.2, 0.25) is 0 Å². The summed E-state index contributed by atoms with van der Waals surface area (Å²) in [7, 11) is 0. The van der Waals surface area contributed by atoms with Crippen molar-refractivity contribution < 1.29 is 45.8 Å². The van der Waals surface area contributed by atoms with E-state index in [9.17, 15) is 11.0 Å². The maximum Gasteiger partial charge on any atom is 0.268 e. The summed E-state index contributed by atoms with van der Waals surface area (Å²) in [5, 5.41) is 3.82. The Hall–Kier alpha value is -9.09. The fourth-order valence-electron chi connectivity index (χ4n) is 12.5. The molecule has 0 radical (unpaired) electrons. The van der Waals surface area contributed by atoms with Crippen molar-refractivity contribution in [1.82, 2.24) is 14.1 Å². The van der Waals surface area contributed by atoms with E-state index in [0.717, 1.165) is 82.9 Å². The van der Waals surface area contributed by atoms with Gasteiger partial charge >= 0.3 is 0 Å². The van der Waals surface area contributed by atoms with Crippen molar-refractivity contribution >= 4 is 54.8 Å². The Bertz CT molecular complexity index is 5640. The molecule has 10 aromatic carbocycles. The van der Waals surface area contributed by atoms with Crippen molar-refractivity contribution in [1.29, 1.82) is 0 Å². The summed E-state index contributed by atoms with van der Waals surface area (Å²) >= 11 is 0. The zero-order chi connectivity index (χ0) is 67.7. The van der Waals surface area contributed by atoms with Gasteiger partial charge in [-0.15, -0.1) is 29.7 Å². The Morgan fingerprint density at radius 3 is 1.76 bits per heavy atom. The minimum Gasteiger partial charge on any atom is -0.510 e. The number of hydrogen-bond acceptors (Lipinski definition) is 3. The zero-order valence-corrected chi connectivity index (χ0v) is 54.2. The average Bonchev–Trinajstić information content (AvgIpc) is 1.62. The van der Waals surface area contributed by atoms with Crippen molar-refractivity contribution in [3.8, 4) is 84.3 Å². The SMILES string of the molecule is [2H]c1c([2H])c([2H])c2c(c1[2H])-c1cc(C(C)(C)C)cc(-c3cc(C(C)(C)C)cc(C(C)(C)C)c3)c1-[n+]1[c-]n(-c3[c-]c(Oc4[c-]c5c(cc4)c4ccccc4n5-c4cc(C(C)(C)C)ccn4)ccc3)c3cc(-c4ccc5oc6ccccc6c5c4)cc(c31)-c1c([2H])c([2H])c([2H])c([2H])c1-2.[Pt]. The summed E-state index contributed by atoms with van der Waals surface area (Å²) in [6.07, 6.45) is 5.72. The molecular formula is C82H70N4O2Pt-2. The molecule has 0 aliphatic carbocycles. The maximum atomic E-state index is 10.2. The van der Waals surface area contributed by atoms with Gasteiger partial charge in [-0.05, 0) is 153 Å². The van der Waals surface area contributed by atoms with Crippen molar-refractivity contribution in [3.63, 3.8) is 0 Å². The Labute approximate surface area is 547 Å². The number of para-hydroxylation sites is 2. The Morgan fingerprint density at radius 1 is 0.461 bits per heavy atom. The number of nitrogens with zero attached hydrogens (tertiary/aromatic N) is 4. The van der Waals surface area contributed by atoms with Crippen LogP contribution in [0.1, 0.15) is 116 Å². The van der Waals surface area contributed by atoms with Crippen molar-refractivity contribution in [3.05, 3.63) is 247 Å². The molecule has 0 spiro atoms. The van der Waals surface area contributed by atoms with Crippen LogP contribution in [0.4, 0.5) is 0 Å². The molecule has 0 N–H and O–H groups in total. The molecule has 15 rings (SSSR count). The van der Waals surface area contributed by atoms with E-state index in [-0.39, 0.29) is 71.6 Å². The first-order chi connectivity index (χ1) is 45.4. The van der Waals surface area contributed by atoms with Crippen LogP contribution in [-0.4, -0.2) is 14.1 Å². The van der Waals surface area contributed by atoms with E-state index >= 15 is 0 Å². The van der Waals surface area contributed by atoms with E-state index < -0.39 is 41.7 Å². The van der Waals surface area contributed by atoms with Crippen LogP contribution in [0.5, 0.6) is 11.5 Å². The van der Waals surface area contributed by atoms with Crippen LogP contribution in [-0.2, 0) is 42.7 Å². The number of imidazole rings is 1. The number of benzene rings is 10. The van der Waals surface area contributed by atoms with Crippen molar-refractivity contribution in [2.45, 2.75) is 105 Å². The molecule has 4 aromatic heterocycles. The molecule has 1 aliphatic rings. The molecule has 0 bridgehead atoms. The molecule has 6 nitrogen and oxygen atoms in total. The van der Waals surface area contributed by atoms with Gasteiger partial charge in [0, 0.05) is 55.1 Å². The van der Waals surface area contributed by atoms with E-state index in [2.05, 4.69) is 173 Å². The third-order valence-corrected chi connectivity index (χ3v) is 17.4. The van der Waals surface area contributed by atoms with E-state index in [1.165, 1.54) is 0 Å². The average molecular weight is 1350 g/mol. The molecule has 0 atom stereocenters. The number of pyridine rings is 1. The Kier molecular flexibility index (Phi) is 11.5. The predicted molar refractivity (Wildman–Crippen MR) is 363 cm³/mol. The van der Waals surface area contributed by atoms with E-state index in [1.54, 1.807) is 0 Å². The molecule has 0 unspecified atom stereocenters. The number of rotatable bonds is 6. The largest absolute Gasteiger partial charge is 0.510 e. The molecule has 0 fully saturated rings. The summed E-state index contributed by atoms with van der Waals surface area (Å²) in [6, 6.07) is 54.4. The molecule has 0 saturated heterocycles. The van der Waals surface area contributed by atoms with Crippen LogP contribution in [0.3, 0.4) is 0 Å². The van der Waals surface area contributed by atoms with Gasteiger partial charge in [0.15, 0.2) is 0 Å². The Balaban J connectivity index is 0.00000807. The minimum absolute atomic E-state index is 0. The van der Waals surface area contributed by atoms with E-state index in [1.807, 2.05) is 100 Å². The quantitative estimate of drug-likeness (QED) is 0.123. The van der Waals surface area contributed by atoms with Gasteiger partial charge in [-0.1, -0.05) is 216 Å². The van der Waals surface area contributed by atoms with Gasteiger partial charge in [-0.3, -0.25) is 4.57 Å². The maximum absolute atomic E-state index is 10.2. The van der Waals surface area contributed by atoms with Gasteiger partial charge in [-0.2, -0.15) is 18.2 Å². The first-order valence-corrected chi connectivity index (χ1v) is 30.1. The topological polar surface area (TPSA) is 49.0 Å². The number of ether oxygens (including phenoxy) is 1. The van der Waals surface area contributed by atoms with Crippen LogP contribution in [0.25, 0.3) is 128 Å². The standard InChI is InChI=1S/C82H70N4O2.Pt/c1-79(2,3)53-36-37-83-76(46-53)86-71-30-19-17-28-64(71)65-34-33-59(48-72(65)86)87-58-23-21-22-57(47-58)84-49-85-77-67(52-38-54(80(4,5)6)43-55(39-52)81(7,8)9)44-56(82(10,11)12)45-70(77)63-27-16-14-25-61(63)60-24-13-15-26-62(60)69-41-51(42-73(84)78(69)85)50-32-35-75-68(40-50)66-29-18-20-31-74(66)88-75;/h13-46H,1-12H3;/q-2;/i13D,14D,15D,16D,24D,25D,26D,27D;. The molecule has 7 heteroatoms. The number of fused-ring (bicyclic) bond motifs is 13. The van der Waals surface area contributed by atoms with Crippen LogP contribution >= 0.6 is 0 Å². The van der Waals surface area contributed by atoms with Crippen molar-refractivity contribution in [2.24, 2.45) is 0 Å². The van der Waals surface area contributed by atoms with Gasteiger partial charge in [0.05, 0.1) is 27.7 Å². The molecule has 5 heterocycles. The molecule has 0 amide bonds. The molecule has 14 aromatic rings. The van der Waals surface area contributed by atoms with Gasteiger partial charge in [-0.25, -0.2) is 4.98 Å². The fraction of sp³-hybridized carbons (Fsp3) is 0.195. The van der Waals surface area contributed by atoms with Crippen LogP contribution in [0.2, 0.25) is 0 Å². The van der Waals surface area contributed by atoms with E-state index in [0.29, 0.717) is 56.2 Å². The fourth-order valence-corrected chi connectivity index (χ4v) is 12.5. The summed E-state index contributed by atoms with van der Waals surface area (Å²) in [5.41, 5.74) is 11.9. The third-order valence-electron chi connectivity index (χ3n) is 17.4. The monoisotopic (exact) mass is 1350 g/mol. The van der Waals surface area contributed by atoms with Gasteiger partial charge in [0.1, 0.15) is 17.0 Å². The smallest absolute Gasteiger partial charge is 0.268 e. The molecule has 89 heavy (non-hydrogen) atoms. The van der Waals surface area contributed by atoms with E-state index in [4.69, 9.17) is 14.1 Å². The van der Waals surface area contributed by atoms with Crippen LogP contribution in [0, 0.1) is 18.5 Å². The number of furan rings is 1. The predicted octanol–water partition coefficient (Wildman–Crippen LogP) is 21.3. The normalized spacial score (nSPS) is 13.9. The van der Waals surface area contributed by atoms with Crippen molar-refractivity contribution in [2.75, 3.05) is 0 Å². The first kappa shape index (κ1) is 48.9. The molecule has 1 aliphatic heterocycles. The molecular weight excluding hydrogens is 1270 g/mol. The molecule has 0 saturated carbocycles. The van der Waals surface area contributed by atoms with Crippen LogP contribution in [0.15, 0.2) is 211 Å². The number of hydrogen-bond donors (Lipinski definition) is 0. The third kappa shape index (κ3) is 9.92. The van der Waals surface area contributed by atoms with Crippen LogP contribution < -0.4 is 9.30 Å². The first-order valence-electron chi connectivity index (χ1n) is 34.1. The number of aromatic nitrogens is 4. The second-order valence-electron chi connectivity index (χ2n) is 27.5. The van der Waals surface area contributed by atoms with Gasteiger partial charge in [0.25, 0.3) is 6.33 Å². The summed E-state index contributed by atoms with van der Waals surface area (Å²) in [4.78, 5) is 4.91. The second kappa shape index (κ2) is 21.0. The van der Waals surface area contributed by atoms with Gasteiger partial charge < -0.3 is 18.3 Å². The Morgan fingerprint density at radius 2 is 1.07 bits per heavy atom. The second-order valence-corrected chi connectivity index (χ2v) is 27.5. The zero-order valence-electron chi connectivity index (χ0n) is 59.9. The summed E-state index contributed by atoms with van der Waals surface area (Å²) < 4.78 is 97.8. The summed E-state index contributed by atoms with van der Waals surface area (Å²) in [6.45, 7) is 26.1.